The number of allylic oxidation sites excluding steroid dienone is 3. The molecule has 0 aliphatic rings. The van der Waals surface area contributed by atoms with Crippen LogP contribution in [0.25, 0.3) is 0 Å². The van der Waals surface area contributed by atoms with Gasteiger partial charge < -0.3 is 10.1 Å². The fourth-order valence-corrected chi connectivity index (χ4v) is 2.22. The molecule has 4 nitrogen and oxygen atoms in total. The molecule has 0 saturated carbocycles. The minimum atomic E-state index is -0.578. The molecule has 1 aromatic rings. The third kappa shape index (κ3) is 6.33. The average Bonchev–Trinajstić information content (AvgIpc) is 2.45. The first kappa shape index (κ1) is 18.3. The van der Waals surface area contributed by atoms with E-state index in [9.17, 15) is 9.59 Å². The second kappa shape index (κ2) is 9.28. The molecule has 0 heterocycles. The van der Waals surface area contributed by atoms with Crippen molar-refractivity contribution < 1.29 is 14.3 Å². The number of nitrogens with one attached hydrogen (secondary N) is 1. The fourth-order valence-electron chi connectivity index (χ4n) is 1.64. The predicted octanol–water partition coefficient (Wildman–Crippen LogP) is 3.85. The zero-order valence-electron chi connectivity index (χ0n) is 12.3. The molecule has 22 heavy (non-hydrogen) atoms. The first-order chi connectivity index (χ1) is 10.4. The van der Waals surface area contributed by atoms with Gasteiger partial charge in [-0.1, -0.05) is 47.5 Å². The fraction of sp³-hybridized carbons (Fsp3) is 0.250. The molecular weight excluding hydrogens is 325 g/mol. The van der Waals surface area contributed by atoms with Gasteiger partial charge in [0.1, 0.15) is 0 Å². The zero-order valence-corrected chi connectivity index (χ0v) is 13.8. The molecule has 0 aliphatic carbocycles. The highest BCUT2D eigenvalue weighted by atomic mass is 35.5. The molecule has 1 N–H and O–H groups in total. The third-order valence-electron chi connectivity index (χ3n) is 2.69. The van der Waals surface area contributed by atoms with Gasteiger partial charge in [0.25, 0.3) is 5.91 Å². The van der Waals surface area contributed by atoms with Crippen LogP contribution in [0.3, 0.4) is 0 Å². The highest BCUT2D eigenvalue weighted by Gasteiger charge is 2.13. The van der Waals surface area contributed by atoms with E-state index in [-0.39, 0.29) is 12.6 Å². The summed E-state index contributed by atoms with van der Waals surface area (Å²) in [4.78, 5) is 23.1. The number of carbonyl (C=O) groups is 2. The van der Waals surface area contributed by atoms with Crippen LogP contribution >= 0.6 is 23.2 Å². The highest BCUT2D eigenvalue weighted by molar-refractivity contribution is 6.35. The minimum Gasteiger partial charge on any atom is -0.452 e. The molecule has 0 spiro atoms. The minimum absolute atomic E-state index is 0.325. The lowest BCUT2D eigenvalue weighted by molar-refractivity contribution is -0.144. The van der Waals surface area contributed by atoms with Gasteiger partial charge in [0.15, 0.2) is 6.61 Å². The predicted molar refractivity (Wildman–Crippen MR) is 87.9 cm³/mol. The Kier molecular flexibility index (Phi) is 7.71. The molecule has 0 aliphatic heterocycles. The van der Waals surface area contributed by atoms with Gasteiger partial charge in [-0.25, -0.2) is 4.79 Å². The van der Waals surface area contributed by atoms with E-state index in [0.29, 0.717) is 10.0 Å². The number of ether oxygens (including phenoxy) is 1. The average molecular weight is 342 g/mol. The maximum absolute atomic E-state index is 11.7. The molecule has 1 amide bonds. The lowest BCUT2D eigenvalue weighted by atomic mass is 10.1. The molecule has 1 atom stereocenters. The monoisotopic (exact) mass is 341 g/mol. The van der Waals surface area contributed by atoms with E-state index in [4.69, 9.17) is 27.9 Å². The Labute approximate surface area is 139 Å². The second-order valence-corrected chi connectivity index (χ2v) is 5.29. The van der Waals surface area contributed by atoms with Crippen molar-refractivity contribution in [3.05, 3.63) is 58.1 Å². The van der Waals surface area contributed by atoms with Gasteiger partial charge in [-0.3, -0.25) is 4.79 Å². The smallest absolute Gasteiger partial charge is 0.331 e. The van der Waals surface area contributed by atoms with Crippen LogP contribution in [0, 0.1) is 0 Å². The summed E-state index contributed by atoms with van der Waals surface area (Å²) in [5, 5.41) is 3.68. The number of rotatable bonds is 6. The van der Waals surface area contributed by atoms with Gasteiger partial charge in [0, 0.05) is 16.1 Å². The molecular formula is C16H17Cl2NO3. The van der Waals surface area contributed by atoms with E-state index >= 15 is 0 Å². The summed E-state index contributed by atoms with van der Waals surface area (Å²) < 4.78 is 4.81. The second-order valence-electron chi connectivity index (χ2n) is 4.45. The molecule has 0 radical (unpaired) electrons. The van der Waals surface area contributed by atoms with Crippen molar-refractivity contribution >= 4 is 35.1 Å². The Balaban J connectivity index is 2.49. The maximum Gasteiger partial charge on any atom is 0.331 e. The first-order valence-electron chi connectivity index (χ1n) is 6.64. The molecule has 118 valence electrons. The largest absolute Gasteiger partial charge is 0.452 e. The van der Waals surface area contributed by atoms with Crippen LogP contribution in [-0.4, -0.2) is 18.5 Å². The Morgan fingerprint density at radius 2 is 2.05 bits per heavy atom. The standard InChI is InChI=1S/C16H17Cl2NO3/c1-3-4-5-6-16(21)22-10-15(20)19-11(2)13-8-7-12(17)9-14(13)18/h3-9,11H,10H2,1-2H3,(H,19,20)/b4-3+,6-5+/t11-/m0/s1. The number of esters is 1. The number of hydrogen-bond donors (Lipinski definition) is 1. The molecule has 0 aromatic heterocycles. The number of hydrogen-bond acceptors (Lipinski definition) is 3. The summed E-state index contributed by atoms with van der Waals surface area (Å²) in [5.74, 6) is -0.989. The molecule has 0 bridgehead atoms. The summed E-state index contributed by atoms with van der Waals surface area (Å²) in [6.07, 6.45) is 6.24. The van der Waals surface area contributed by atoms with Gasteiger partial charge in [-0.05, 0) is 31.5 Å². The van der Waals surface area contributed by atoms with Gasteiger partial charge in [-0.15, -0.1) is 0 Å². The summed E-state index contributed by atoms with van der Waals surface area (Å²) in [7, 11) is 0. The van der Waals surface area contributed by atoms with Gasteiger partial charge in [0.2, 0.25) is 0 Å². The van der Waals surface area contributed by atoms with Crippen molar-refractivity contribution in [2.24, 2.45) is 0 Å². The van der Waals surface area contributed by atoms with Crippen LogP contribution in [0.2, 0.25) is 10.0 Å². The van der Waals surface area contributed by atoms with Crippen LogP contribution in [0.5, 0.6) is 0 Å². The third-order valence-corrected chi connectivity index (χ3v) is 3.25. The Morgan fingerprint density at radius 1 is 1.32 bits per heavy atom. The molecule has 1 aromatic carbocycles. The lowest BCUT2D eigenvalue weighted by Gasteiger charge is -2.15. The van der Waals surface area contributed by atoms with Crippen molar-refractivity contribution in [3.63, 3.8) is 0 Å². The van der Waals surface area contributed by atoms with E-state index in [1.54, 1.807) is 37.3 Å². The van der Waals surface area contributed by atoms with E-state index in [1.807, 2.05) is 6.92 Å². The summed E-state index contributed by atoms with van der Waals surface area (Å²) in [5.41, 5.74) is 0.735. The molecule has 0 unspecified atom stereocenters. The Bertz CT molecular complexity index is 597. The summed E-state index contributed by atoms with van der Waals surface area (Å²) >= 11 is 11.9. The van der Waals surface area contributed by atoms with E-state index < -0.39 is 11.9 Å². The number of carbonyl (C=O) groups excluding carboxylic acids is 2. The normalized spacial score (nSPS) is 12.5. The van der Waals surface area contributed by atoms with E-state index in [0.717, 1.165) is 5.56 Å². The van der Waals surface area contributed by atoms with Crippen molar-refractivity contribution in [1.29, 1.82) is 0 Å². The summed E-state index contributed by atoms with van der Waals surface area (Å²) in [6, 6.07) is 4.71. The molecule has 0 fully saturated rings. The van der Waals surface area contributed by atoms with Crippen LogP contribution in [0.1, 0.15) is 25.5 Å². The van der Waals surface area contributed by atoms with Gasteiger partial charge in [0.05, 0.1) is 6.04 Å². The van der Waals surface area contributed by atoms with Crippen LogP contribution in [0.15, 0.2) is 42.5 Å². The maximum atomic E-state index is 11.7. The lowest BCUT2D eigenvalue weighted by Crippen LogP contribution is -2.31. The highest BCUT2D eigenvalue weighted by Crippen LogP contribution is 2.25. The Hall–Kier alpha value is -1.78. The van der Waals surface area contributed by atoms with Crippen molar-refractivity contribution in [2.75, 3.05) is 6.61 Å². The zero-order chi connectivity index (χ0) is 16.5. The van der Waals surface area contributed by atoms with Crippen LogP contribution < -0.4 is 5.32 Å². The topological polar surface area (TPSA) is 55.4 Å². The summed E-state index contributed by atoms with van der Waals surface area (Å²) in [6.45, 7) is 3.25. The van der Waals surface area contributed by atoms with E-state index in [2.05, 4.69) is 5.32 Å². The van der Waals surface area contributed by atoms with Crippen LogP contribution in [0.4, 0.5) is 0 Å². The van der Waals surface area contributed by atoms with E-state index in [1.165, 1.54) is 12.2 Å². The van der Waals surface area contributed by atoms with Gasteiger partial charge in [-0.2, -0.15) is 0 Å². The number of amides is 1. The Morgan fingerprint density at radius 3 is 2.68 bits per heavy atom. The molecule has 6 heteroatoms. The van der Waals surface area contributed by atoms with Crippen molar-refractivity contribution in [1.82, 2.24) is 5.32 Å². The number of benzene rings is 1. The van der Waals surface area contributed by atoms with Crippen LogP contribution in [-0.2, 0) is 14.3 Å². The quantitative estimate of drug-likeness (QED) is 0.485. The molecule has 1 rings (SSSR count). The van der Waals surface area contributed by atoms with Crippen molar-refractivity contribution in [2.45, 2.75) is 19.9 Å². The molecule has 0 saturated heterocycles. The first-order valence-corrected chi connectivity index (χ1v) is 7.40. The number of halogens is 2. The van der Waals surface area contributed by atoms with Crippen molar-refractivity contribution in [3.8, 4) is 0 Å². The van der Waals surface area contributed by atoms with Gasteiger partial charge >= 0.3 is 5.97 Å². The SMILES string of the molecule is C/C=C/C=C/C(=O)OCC(=O)N[C@@H](C)c1ccc(Cl)cc1Cl.